The lowest BCUT2D eigenvalue weighted by atomic mass is 9.82. The molecule has 15 aromatic carbocycles. The number of fused-ring (bicyclic) bond motifs is 18. The summed E-state index contributed by atoms with van der Waals surface area (Å²) in [7, 11) is 0. The summed E-state index contributed by atoms with van der Waals surface area (Å²) in [4.78, 5) is 16.5. The fraction of sp³-hybridized carbons (Fsp3) is 0.0882. The van der Waals surface area contributed by atoms with E-state index in [1.165, 1.54) is 116 Å². The quantitative estimate of drug-likeness (QED) is 0.145. The van der Waals surface area contributed by atoms with Gasteiger partial charge in [-0.3, -0.25) is 0 Å². The highest BCUT2D eigenvalue weighted by Crippen LogP contribution is 2.54. The van der Waals surface area contributed by atoms with Crippen molar-refractivity contribution in [1.29, 1.82) is 0 Å². The predicted molar refractivity (Wildman–Crippen MR) is 448 cm³/mol. The third-order valence-corrected chi connectivity index (χ3v) is 24.5. The summed E-state index contributed by atoms with van der Waals surface area (Å²) in [6, 6.07) is 121. The van der Waals surface area contributed by atoms with Gasteiger partial charge in [0.25, 0.3) is 0 Å². The molecular formula is C102H72N6. The molecule has 0 N–H and O–H groups in total. The minimum atomic E-state index is -0.123. The van der Waals surface area contributed by atoms with E-state index in [9.17, 15) is 0 Å². The predicted octanol–water partition coefficient (Wildman–Crippen LogP) is 26.1. The largest absolute Gasteiger partial charge is 0.309 e. The van der Waals surface area contributed by atoms with Crippen LogP contribution in [0.2, 0.25) is 0 Å². The summed E-state index contributed by atoms with van der Waals surface area (Å²) in [5, 5.41) is 7.21. The number of hydrogen-bond donors (Lipinski definition) is 0. The van der Waals surface area contributed by atoms with E-state index in [1.807, 2.05) is 0 Å². The van der Waals surface area contributed by atoms with E-state index in [1.54, 1.807) is 0 Å². The van der Waals surface area contributed by atoms with Gasteiger partial charge in [-0.1, -0.05) is 260 Å². The zero-order valence-corrected chi connectivity index (χ0v) is 60.9. The van der Waals surface area contributed by atoms with Crippen molar-refractivity contribution in [2.24, 2.45) is 0 Å². The van der Waals surface area contributed by atoms with Gasteiger partial charge in [0.1, 0.15) is 0 Å². The van der Waals surface area contributed by atoms with E-state index in [2.05, 4.69) is 383 Å². The van der Waals surface area contributed by atoms with Crippen molar-refractivity contribution in [3.63, 3.8) is 0 Å². The molecule has 0 bridgehead atoms. The average molecular weight is 1380 g/mol. The molecule has 19 aromatic rings. The van der Waals surface area contributed by atoms with Crippen LogP contribution in [0.1, 0.15) is 74.9 Å². The number of aromatic nitrogens is 6. The summed E-state index contributed by atoms with van der Waals surface area (Å²) >= 11 is 0. The Morgan fingerprint density at radius 1 is 0.185 bits per heavy atom. The Hall–Kier alpha value is -13.3. The van der Waals surface area contributed by atoms with Crippen LogP contribution in [0.15, 0.2) is 328 Å². The van der Waals surface area contributed by atoms with Crippen LogP contribution < -0.4 is 0 Å². The van der Waals surface area contributed by atoms with Gasteiger partial charge in [-0.2, -0.15) is 0 Å². The van der Waals surface area contributed by atoms with Crippen molar-refractivity contribution in [2.75, 3.05) is 0 Å². The number of benzene rings is 15. The zero-order chi connectivity index (χ0) is 72.1. The fourth-order valence-electron chi connectivity index (χ4n) is 19.1. The van der Waals surface area contributed by atoms with Crippen LogP contribution in [0.25, 0.3) is 183 Å². The van der Waals surface area contributed by atoms with E-state index >= 15 is 0 Å². The van der Waals surface area contributed by atoms with Crippen LogP contribution in [-0.4, -0.2) is 28.7 Å². The molecule has 0 atom stereocenters. The lowest BCUT2D eigenvalue weighted by Crippen LogP contribution is -2.15. The minimum absolute atomic E-state index is 0.123. The van der Waals surface area contributed by atoms with Crippen molar-refractivity contribution in [1.82, 2.24) is 28.7 Å². The molecule has 0 saturated heterocycles. The molecule has 0 aliphatic heterocycles. The van der Waals surface area contributed by atoms with Crippen LogP contribution in [0.5, 0.6) is 0 Å². The first-order valence-electron chi connectivity index (χ1n) is 37.7. The van der Waals surface area contributed by atoms with E-state index in [0.29, 0.717) is 17.5 Å². The van der Waals surface area contributed by atoms with Crippen molar-refractivity contribution >= 4 is 65.4 Å². The second-order valence-corrected chi connectivity index (χ2v) is 31.5. The van der Waals surface area contributed by atoms with E-state index in [0.717, 1.165) is 83.7 Å². The molecule has 0 spiro atoms. The number of para-hydroxylation sites is 3. The fourth-order valence-corrected chi connectivity index (χ4v) is 19.1. The molecule has 4 heterocycles. The normalized spacial score (nSPS) is 14.1. The first kappa shape index (κ1) is 62.1. The van der Waals surface area contributed by atoms with Gasteiger partial charge < -0.3 is 13.7 Å². The molecule has 108 heavy (non-hydrogen) atoms. The van der Waals surface area contributed by atoms with Gasteiger partial charge in [0.05, 0.1) is 33.1 Å². The van der Waals surface area contributed by atoms with E-state index in [4.69, 9.17) is 15.0 Å². The van der Waals surface area contributed by atoms with Gasteiger partial charge in [0.2, 0.25) is 0 Å². The molecule has 510 valence electrons. The highest BCUT2D eigenvalue weighted by molar-refractivity contribution is 6.13. The monoisotopic (exact) mass is 1380 g/mol. The lowest BCUT2D eigenvalue weighted by molar-refractivity contribution is 0.660. The van der Waals surface area contributed by atoms with Crippen LogP contribution in [0.3, 0.4) is 0 Å². The standard InChI is InChI=1S/C102H72N6/c1-100(2)85-34-13-7-28-73(85)76-46-43-70(58-88(76)100)106-91-37-16-10-31-79(91)82-55-64(40-49-94(82)106)61-22-19-25-67(52-61)97-103-98(68-26-20-23-62(53-68)65-41-50-95-83(56-65)80-32-11-17-38-92(80)107(95)71-44-47-77-74-29-8-14-35-86(74)101(3,4)89(77)59-71)105-99(104-97)69-27-21-24-63(54-69)66-42-51-96-84(57-66)81-33-12-18-39-93(81)108(96)72-45-48-78-75-30-9-15-36-87(75)102(5,6)90(78)60-72/h7-60H,1-6H3. The van der Waals surface area contributed by atoms with Gasteiger partial charge in [0, 0.05) is 82.3 Å². The Balaban J connectivity index is 0.659. The molecule has 0 fully saturated rings. The molecule has 0 amide bonds. The van der Waals surface area contributed by atoms with E-state index < -0.39 is 0 Å². The highest BCUT2D eigenvalue weighted by atomic mass is 15.0. The summed E-state index contributed by atoms with van der Waals surface area (Å²) in [6.45, 7) is 14.1. The molecule has 6 nitrogen and oxygen atoms in total. The molecule has 3 aliphatic carbocycles. The van der Waals surface area contributed by atoms with Crippen LogP contribution in [0, 0.1) is 0 Å². The maximum atomic E-state index is 5.50. The van der Waals surface area contributed by atoms with Gasteiger partial charge in [-0.25, -0.2) is 15.0 Å². The molecule has 0 saturated carbocycles. The van der Waals surface area contributed by atoms with Crippen LogP contribution in [0.4, 0.5) is 0 Å². The van der Waals surface area contributed by atoms with E-state index in [-0.39, 0.29) is 16.2 Å². The molecule has 3 aliphatic rings. The van der Waals surface area contributed by atoms with Crippen LogP contribution >= 0.6 is 0 Å². The Kier molecular flexibility index (Phi) is 13.1. The molecule has 22 rings (SSSR count). The number of rotatable bonds is 9. The Labute approximate surface area is 626 Å². The second-order valence-electron chi connectivity index (χ2n) is 31.5. The van der Waals surface area contributed by atoms with Crippen molar-refractivity contribution in [2.45, 2.75) is 57.8 Å². The first-order valence-corrected chi connectivity index (χ1v) is 37.7. The third-order valence-electron chi connectivity index (χ3n) is 24.5. The number of hydrogen-bond acceptors (Lipinski definition) is 3. The second kappa shape index (κ2) is 22.9. The summed E-state index contributed by atoms with van der Waals surface area (Å²) in [5.41, 5.74) is 35.5. The summed E-state index contributed by atoms with van der Waals surface area (Å²) < 4.78 is 7.34. The minimum Gasteiger partial charge on any atom is -0.309 e. The van der Waals surface area contributed by atoms with Crippen molar-refractivity contribution in [3.8, 4) is 118 Å². The van der Waals surface area contributed by atoms with Gasteiger partial charge >= 0.3 is 0 Å². The Bertz CT molecular complexity index is 6420. The molecule has 6 heteroatoms. The maximum absolute atomic E-state index is 5.50. The third kappa shape index (κ3) is 9.10. The van der Waals surface area contributed by atoms with Crippen molar-refractivity contribution < 1.29 is 0 Å². The smallest absolute Gasteiger partial charge is 0.164 e. The molecular weight excluding hydrogens is 1310 g/mol. The first-order chi connectivity index (χ1) is 52.8. The van der Waals surface area contributed by atoms with Crippen LogP contribution in [-0.2, 0) is 16.2 Å². The van der Waals surface area contributed by atoms with Gasteiger partial charge in [-0.15, -0.1) is 0 Å². The summed E-state index contributed by atoms with van der Waals surface area (Å²) in [5.74, 6) is 1.77. The van der Waals surface area contributed by atoms with Gasteiger partial charge in [0.15, 0.2) is 17.5 Å². The Morgan fingerprint density at radius 2 is 0.435 bits per heavy atom. The lowest BCUT2D eigenvalue weighted by Gasteiger charge is -2.22. The average Bonchev–Trinajstić information content (AvgIpc) is 1.58. The molecule has 0 radical (unpaired) electrons. The number of nitrogens with zero attached hydrogens (tertiary/aromatic N) is 6. The topological polar surface area (TPSA) is 53.5 Å². The Morgan fingerprint density at radius 3 is 0.750 bits per heavy atom. The van der Waals surface area contributed by atoms with Crippen molar-refractivity contribution in [3.05, 3.63) is 361 Å². The zero-order valence-electron chi connectivity index (χ0n) is 60.9. The molecule has 0 unspecified atom stereocenters. The van der Waals surface area contributed by atoms with Gasteiger partial charge in [-0.05, 0) is 209 Å². The molecule has 4 aromatic heterocycles. The SMILES string of the molecule is CC1(C)c2ccccc2-c2ccc(-n3c4ccccc4c4cc(-c5cccc(-c6nc(-c7cccc(-c8ccc9c(c8)c8ccccc8n9-c8ccc9c(c8)C(C)(C)c8ccccc8-9)c7)nc(-c7cccc(-c8ccc9c(c8)c8ccccc8n9-c8ccc9c(c8)C(C)(C)c8ccccc8-9)c7)n6)c5)ccc43)cc21. The summed E-state index contributed by atoms with van der Waals surface area (Å²) in [6.07, 6.45) is 0. The maximum Gasteiger partial charge on any atom is 0.164 e. The highest BCUT2D eigenvalue weighted by Gasteiger charge is 2.39.